The SMILES string of the molecule is Cc1ccccc1NC(=O)COc1ccc(N2C[C@@H](C(=O)NCCCn3ccnc3)CC2=O)cc1. The number of imidazole rings is 1. The minimum absolute atomic E-state index is 0.0881. The number of aryl methyl sites for hydroxylation is 2. The van der Waals surface area contributed by atoms with Crippen molar-refractivity contribution < 1.29 is 19.1 Å². The lowest BCUT2D eigenvalue weighted by Gasteiger charge is -2.17. The standard InChI is InChI=1S/C26H29N5O4/c1-19-5-2-3-6-23(19)29-24(32)17-35-22-9-7-21(8-10-22)31-16-20(15-25(31)33)26(34)28-11-4-13-30-14-12-27-18-30/h2-3,5-10,12,14,18,20H,4,11,13,15-17H2,1H3,(H,28,34)(H,29,32)/t20-/m0/s1. The van der Waals surface area contributed by atoms with Crippen LogP contribution < -0.4 is 20.3 Å². The maximum atomic E-state index is 12.5. The predicted molar refractivity (Wildman–Crippen MR) is 132 cm³/mol. The highest BCUT2D eigenvalue weighted by Gasteiger charge is 2.34. The van der Waals surface area contributed by atoms with Gasteiger partial charge in [-0.1, -0.05) is 18.2 Å². The van der Waals surface area contributed by atoms with Gasteiger partial charge in [0.05, 0.1) is 12.2 Å². The van der Waals surface area contributed by atoms with Crippen molar-refractivity contribution in [2.45, 2.75) is 26.3 Å². The van der Waals surface area contributed by atoms with E-state index in [1.54, 1.807) is 41.7 Å². The summed E-state index contributed by atoms with van der Waals surface area (Å²) in [7, 11) is 0. The Labute approximate surface area is 204 Å². The van der Waals surface area contributed by atoms with Gasteiger partial charge in [0.25, 0.3) is 5.91 Å². The zero-order valence-electron chi connectivity index (χ0n) is 19.6. The summed E-state index contributed by atoms with van der Waals surface area (Å²) >= 11 is 0. The fourth-order valence-corrected chi connectivity index (χ4v) is 3.94. The Morgan fingerprint density at radius 3 is 2.69 bits per heavy atom. The van der Waals surface area contributed by atoms with Gasteiger partial charge in [-0.25, -0.2) is 4.98 Å². The number of para-hydroxylation sites is 1. The number of ether oxygens (including phenoxy) is 1. The van der Waals surface area contributed by atoms with Gasteiger partial charge in [-0.2, -0.15) is 0 Å². The Bertz CT molecular complexity index is 1160. The molecule has 0 unspecified atom stereocenters. The molecule has 0 aliphatic carbocycles. The first-order chi connectivity index (χ1) is 17.0. The lowest BCUT2D eigenvalue weighted by molar-refractivity contribution is -0.126. The zero-order chi connectivity index (χ0) is 24.6. The van der Waals surface area contributed by atoms with Gasteiger partial charge in [0.2, 0.25) is 11.8 Å². The molecule has 0 bridgehead atoms. The molecule has 1 aromatic heterocycles. The molecule has 2 N–H and O–H groups in total. The molecule has 1 aliphatic heterocycles. The van der Waals surface area contributed by atoms with Crippen LogP contribution in [0.3, 0.4) is 0 Å². The fourth-order valence-electron chi connectivity index (χ4n) is 3.94. The fraction of sp³-hybridized carbons (Fsp3) is 0.308. The molecule has 3 aromatic rings. The molecule has 3 amide bonds. The number of aromatic nitrogens is 2. The number of nitrogens with zero attached hydrogens (tertiary/aromatic N) is 3. The van der Waals surface area contributed by atoms with Crippen LogP contribution in [0.2, 0.25) is 0 Å². The summed E-state index contributed by atoms with van der Waals surface area (Å²) < 4.78 is 7.54. The monoisotopic (exact) mass is 475 g/mol. The Kier molecular flexibility index (Phi) is 7.77. The molecule has 0 saturated carbocycles. The first-order valence-electron chi connectivity index (χ1n) is 11.6. The molecule has 4 rings (SSSR count). The molecule has 1 saturated heterocycles. The second kappa shape index (κ2) is 11.3. The number of amides is 3. The van der Waals surface area contributed by atoms with Crippen LogP contribution >= 0.6 is 0 Å². The van der Waals surface area contributed by atoms with Crippen LogP contribution in [-0.4, -0.2) is 47.0 Å². The van der Waals surface area contributed by atoms with Crippen LogP contribution in [0.4, 0.5) is 11.4 Å². The van der Waals surface area contributed by atoms with Gasteiger partial charge in [0, 0.05) is 49.8 Å². The van der Waals surface area contributed by atoms with E-state index in [4.69, 9.17) is 4.74 Å². The zero-order valence-corrected chi connectivity index (χ0v) is 19.6. The highest BCUT2D eigenvalue weighted by Crippen LogP contribution is 2.27. The first kappa shape index (κ1) is 24.0. The molecule has 0 spiro atoms. The van der Waals surface area contributed by atoms with E-state index in [1.165, 1.54) is 0 Å². The maximum Gasteiger partial charge on any atom is 0.262 e. The number of rotatable bonds is 10. The summed E-state index contributed by atoms with van der Waals surface area (Å²) in [5, 5.41) is 5.75. The third-order valence-electron chi connectivity index (χ3n) is 5.88. The van der Waals surface area contributed by atoms with Crippen molar-refractivity contribution in [3.8, 4) is 5.75 Å². The van der Waals surface area contributed by atoms with Crippen LogP contribution in [0.15, 0.2) is 67.3 Å². The number of benzene rings is 2. The van der Waals surface area contributed by atoms with Crippen molar-refractivity contribution in [1.29, 1.82) is 0 Å². The van der Waals surface area contributed by atoms with E-state index < -0.39 is 0 Å². The third kappa shape index (κ3) is 6.47. The molecule has 1 atom stereocenters. The van der Waals surface area contributed by atoms with Gasteiger partial charge in [0.15, 0.2) is 6.61 Å². The number of nitrogens with one attached hydrogen (secondary N) is 2. The summed E-state index contributed by atoms with van der Waals surface area (Å²) in [5.41, 5.74) is 2.42. The molecule has 0 radical (unpaired) electrons. The summed E-state index contributed by atoms with van der Waals surface area (Å²) in [5.74, 6) is -0.303. The Morgan fingerprint density at radius 1 is 1.14 bits per heavy atom. The largest absolute Gasteiger partial charge is 0.484 e. The number of hydrogen-bond acceptors (Lipinski definition) is 5. The first-order valence-corrected chi connectivity index (χ1v) is 11.6. The second-order valence-corrected chi connectivity index (χ2v) is 8.50. The highest BCUT2D eigenvalue weighted by atomic mass is 16.5. The van der Waals surface area contributed by atoms with E-state index in [2.05, 4.69) is 15.6 Å². The van der Waals surface area contributed by atoms with E-state index in [9.17, 15) is 14.4 Å². The molecular weight excluding hydrogens is 446 g/mol. The number of anilines is 2. The van der Waals surface area contributed by atoms with E-state index >= 15 is 0 Å². The van der Waals surface area contributed by atoms with Gasteiger partial charge in [-0.3, -0.25) is 14.4 Å². The van der Waals surface area contributed by atoms with Crippen LogP contribution in [0, 0.1) is 12.8 Å². The quantitative estimate of drug-likeness (QED) is 0.439. The van der Waals surface area contributed by atoms with Gasteiger partial charge >= 0.3 is 0 Å². The van der Waals surface area contributed by atoms with Gasteiger partial charge in [-0.05, 0) is 49.2 Å². The molecule has 9 nitrogen and oxygen atoms in total. The normalized spacial score (nSPS) is 15.2. The van der Waals surface area contributed by atoms with E-state index in [0.717, 1.165) is 24.2 Å². The Hall–Kier alpha value is -4.14. The molecule has 1 aliphatic rings. The summed E-state index contributed by atoms with van der Waals surface area (Å²) in [6.07, 6.45) is 6.32. The van der Waals surface area contributed by atoms with E-state index in [-0.39, 0.29) is 36.7 Å². The topological polar surface area (TPSA) is 106 Å². The lowest BCUT2D eigenvalue weighted by Crippen LogP contribution is -2.33. The molecule has 35 heavy (non-hydrogen) atoms. The number of carbonyl (C=O) groups excluding carboxylic acids is 3. The second-order valence-electron chi connectivity index (χ2n) is 8.50. The van der Waals surface area contributed by atoms with Crippen LogP contribution in [-0.2, 0) is 20.9 Å². The van der Waals surface area contributed by atoms with Crippen LogP contribution in [0.25, 0.3) is 0 Å². The summed E-state index contributed by atoms with van der Waals surface area (Å²) in [6, 6.07) is 14.5. The Morgan fingerprint density at radius 2 is 1.94 bits per heavy atom. The summed E-state index contributed by atoms with van der Waals surface area (Å²) in [6.45, 7) is 3.46. The van der Waals surface area contributed by atoms with Crippen molar-refractivity contribution in [3.05, 3.63) is 72.8 Å². The van der Waals surface area contributed by atoms with Crippen molar-refractivity contribution in [1.82, 2.24) is 14.9 Å². The van der Waals surface area contributed by atoms with Crippen molar-refractivity contribution >= 4 is 29.1 Å². The van der Waals surface area contributed by atoms with Crippen molar-refractivity contribution in [2.75, 3.05) is 29.9 Å². The van der Waals surface area contributed by atoms with E-state index in [0.29, 0.717) is 24.5 Å². The lowest BCUT2D eigenvalue weighted by atomic mass is 10.1. The highest BCUT2D eigenvalue weighted by molar-refractivity contribution is 6.00. The van der Waals surface area contributed by atoms with Gasteiger partial charge in [-0.15, -0.1) is 0 Å². The van der Waals surface area contributed by atoms with Gasteiger partial charge in [0.1, 0.15) is 5.75 Å². The van der Waals surface area contributed by atoms with E-state index in [1.807, 2.05) is 42.0 Å². The smallest absolute Gasteiger partial charge is 0.262 e. The van der Waals surface area contributed by atoms with Crippen LogP contribution in [0.1, 0.15) is 18.4 Å². The van der Waals surface area contributed by atoms with Crippen molar-refractivity contribution in [3.63, 3.8) is 0 Å². The van der Waals surface area contributed by atoms with Crippen molar-refractivity contribution in [2.24, 2.45) is 5.92 Å². The summed E-state index contributed by atoms with van der Waals surface area (Å²) in [4.78, 5) is 42.8. The molecule has 9 heteroatoms. The predicted octanol–water partition coefficient (Wildman–Crippen LogP) is 2.77. The molecule has 1 fully saturated rings. The Balaban J connectivity index is 1.22. The molecule has 2 aromatic carbocycles. The third-order valence-corrected chi connectivity index (χ3v) is 5.88. The minimum Gasteiger partial charge on any atom is -0.484 e. The van der Waals surface area contributed by atoms with Crippen LogP contribution in [0.5, 0.6) is 5.75 Å². The average molecular weight is 476 g/mol. The number of hydrogen-bond donors (Lipinski definition) is 2. The van der Waals surface area contributed by atoms with Gasteiger partial charge < -0.3 is 24.8 Å². The molecule has 182 valence electrons. The average Bonchev–Trinajstić information content (AvgIpc) is 3.52. The molecule has 2 heterocycles. The number of carbonyl (C=O) groups is 3. The maximum absolute atomic E-state index is 12.5. The minimum atomic E-state index is -0.378. The molecular formula is C26H29N5O4.